The van der Waals surface area contributed by atoms with Gasteiger partial charge in [0.15, 0.2) is 17.0 Å². The highest BCUT2D eigenvalue weighted by Crippen LogP contribution is 2.30. The van der Waals surface area contributed by atoms with Crippen molar-refractivity contribution in [2.75, 3.05) is 5.32 Å². The third kappa shape index (κ3) is 2.68. The lowest BCUT2D eigenvalue weighted by molar-refractivity contribution is -0.555. The molecule has 1 aromatic carbocycles. The van der Waals surface area contributed by atoms with Gasteiger partial charge in [0.25, 0.3) is 0 Å². The molecule has 1 aliphatic rings. The van der Waals surface area contributed by atoms with E-state index in [-0.39, 0.29) is 5.57 Å². The van der Waals surface area contributed by atoms with Crippen molar-refractivity contribution in [3.8, 4) is 12.1 Å². The second kappa shape index (κ2) is 5.75. The lowest BCUT2D eigenvalue weighted by Gasteiger charge is -2.15. The molecule has 110 valence electrons. The maximum absolute atomic E-state index is 9.27. The number of nitrogens with zero attached hydrogens (tertiary/aromatic N) is 4. The summed E-state index contributed by atoms with van der Waals surface area (Å²) < 4.78 is 1.84. The first kappa shape index (κ1) is 14.5. The second-order valence-corrected chi connectivity index (χ2v) is 5.35. The molecule has 0 atom stereocenters. The number of anilines is 1. The van der Waals surface area contributed by atoms with E-state index in [4.69, 9.17) is 0 Å². The Kier molecular flexibility index (Phi) is 3.62. The number of rotatable bonds is 0. The molecule has 0 spiro atoms. The van der Waals surface area contributed by atoms with Crippen LogP contribution in [0.5, 0.6) is 0 Å². The molecule has 1 aromatic heterocycles. The van der Waals surface area contributed by atoms with Crippen molar-refractivity contribution in [2.24, 2.45) is 4.99 Å². The Hall–Kier alpha value is -3.44. The largest absolute Gasteiger partial charge is 0.354 e. The number of nitrogens with one attached hydrogen (secondary N) is 1. The fourth-order valence-corrected chi connectivity index (χ4v) is 2.57. The Labute approximate surface area is 134 Å². The third-order valence-electron chi connectivity index (χ3n) is 3.47. The number of hydrogen-bond donors (Lipinski definition) is 1. The van der Waals surface area contributed by atoms with Crippen molar-refractivity contribution in [3.05, 3.63) is 65.1 Å². The molecule has 3 rings (SSSR count). The fraction of sp³-hybridized carbons (Fsp3) is 0.111. The van der Waals surface area contributed by atoms with Gasteiger partial charge in [-0.2, -0.15) is 10.5 Å². The molecule has 1 N–H and O–H groups in total. The molecule has 0 saturated heterocycles. The van der Waals surface area contributed by atoms with Crippen molar-refractivity contribution >= 4 is 17.2 Å². The molecule has 0 saturated carbocycles. The van der Waals surface area contributed by atoms with Crippen LogP contribution in [0.4, 0.5) is 11.4 Å². The van der Waals surface area contributed by atoms with Crippen molar-refractivity contribution in [1.29, 1.82) is 10.5 Å². The molecular weight excluding hydrogens is 286 g/mol. The molecule has 1 aliphatic heterocycles. The monoisotopic (exact) mass is 300 g/mol. The molecule has 23 heavy (non-hydrogen) atoms. The van der Waals surface area contributed by atoms with Gasteiger partial charge in [0.1, 0.15) is 12.1 Å². The summed E-state index contributed by atoms with van der Waals surface area (Å²) in [5.74, 6) is 0.536. The first-order valence-electron chi connectivity index (χ1n) is 7.12. The van der Waals surface area contributed by atoms with E-state index < -0.39 is 0 Å². The van der Waals surface area contributed by atoms with Crippen LogP contribution < -0.4 is 9.88 Å². The Morgan fingerprint density at radius 2 is 1.74 bits per heavy atom. The minimum Gasteiger partial charge on any atom is -0.343 e. The van der Waals surface area contributed by atoms with E-state index in [0.717, 1.165) is 22.5 Å². The van der Waals surface area contributed by atoms with Gasteiger partial charge in [0.2, 0.25) is 0 Å². The van der Waals surface area contributed by atoms with Crippen LogP contribution >= 0.6 is 0 Å². The highest BCUT2D eigenvalue weighted by molar-refractivity contribution is 6.02. The van der Waals surface area contributed by atoms with Gasteiger partial charge in [-0.25, -0.2) is 4.57 Å². The molecule has 0 amide bonds. The van der Waals surface area contributed by atoms with Crippen molar-refractivity contribution < 1.29 is 4.57 Å². The first-order valence-corrected chi connectivity index (χ1v) is 7.12. The second-order valence-electron chi connectivity index (χ2n) is 5.35. The lowest BCUT2D eigenvalue weighted by Crippen LogP contribution is -2.46. The van der Waals surface area contributed by atoms with Gasteiger partial charge in [0.05, 0.1) is 18.1 Å². The highest BCUT2D eigenvalue weighted by Gasteiger charge is 2.30. The number of aliphatic imine (C=N–C) groups is 1. The summed E-state index contributed by atoms with van der Waals surface area (Å²) in [4.78, 5) is 4.65. The summed E-state index contributed by atoms with van der Waals surface area (Å²) in [5, 5.41) is 21.7. The summed E-state index contributed by atoms with van der Waals surface area (Å²) >= 11 is 0. The average molecular weight is 300 g/mol. The Morgan fingerprint density at radius 1 is 1.09 bits per heavy atom. The van der Waals surface area contributed by atoms with E-state index in [0.29, 0.717) is 11.5 Å². The summed E-state index contributed by atoms with van der Waals surface area (Å²) in [7, 11) is 0. The van der Waals surface area contributed by atoms with E-state index >= 15 is 0 Å². The van der Waals surface area contributed by atoms with Crippen LogP contribution in [-0.2, 0) is 0 Å². The van der Waals surface area contributed by atoms with Crippen LogP contribution in [0.2, 0.25) is 0 Å². The average Bonchev–Trinajstić information content (AvgIpc) is 2.54. The Balaban J connectivity index is 2.29. The molecule has 0 bridgehead atoms. The first-order chi connectivity index (χ1) is 11.1. The van der Waals surface area contributed by atoms with E-state index in [1.54, 1.807) is 0 Å². The van der Waals surface area contributed by atoms with E-state index in [2.05, 4.69) is 16.4 Å². The predicted octanol–water partition coefficient (Wildman–Crippen LogP) is 2.90. The summed E-state index contributed by atoms with van der Waals surface area (Å²) in [5.41, 5.74) is 4.11. The maximum Gasteiger partial charge on any atom is 0.354 e. The van der Waals surface area contributed by atoms with E-state index in [9.17, 15) is 10.5 Å². The summed E-state index contributed by atoms with van der Waals surface area (Å²) in [6, 6.07) is 13.5. The smallest absolute Gasteiger partial charge is 0.343 e. The van der Waals surface area contributed by atoms with Gasteiger partial charge in [-0.1, -0.05) is 12.1 Å². The summed E-state index contributed by atoms with van der Waals surface area (Å²) in [6.07, 6.45) is 3.85. The quantitative estimate of drug-likeness (QED) is 0.600. The number of fused-ring (bicyclic) bond motifs is 1. The molecular formula is C18H14N5+. The van der Waals surface area contributed by atoms with Crippen LogP contribution in [0.25, 0.3) is 0 Å². The minimum atomic E-state index is 0.00455. The number of para-hydroxylation sites is 2. The number of hydrogen-bond acceptors (Lipinski definition) is 4. The number of aromatic nitrogens is 1. The minimum absolute atomic E-state index is 0.00455. The number of nitriles is 2. The van der Waals surface area contributed by atoms with Gasteiger partial charge >= 0.3 is 5.84 Å². The zero-order valence-electron chi connectivity index (χ0n) is 12.8. The molecule has 5 nitrogen and oxygen atoms in total. The van der Waals surface area contributed by atoms with E-state index in [1.165, 1.54) is 0 Å². The molecule has 0 unspecified atom stereocenters. The van der Waals surface area contributed by atoms with Crippen LogP contribution in [-0.4, -0.2) is 5.84 Å². The van der Waals surface area contributed by atoms with Crippen LogP contribution in [0.15, 0.2) is 59.0 Å². The highest BCUT2D eigenvalue weighted by atomic mass is 15.1. The van der Waals surface area contributed by atoms with Crippen molar-refractivity contribution in [2.45, 2.75) is 13.8 Å². The predicted molar refractivity (Wildman–Crippen MR) is 86.9 cm³/mol. The molecule has 0 fully saturated rings. The molecule has 0 radical (unpaired) electrons. The normalized spacial score (nSPS) is 12.3. The fourth-order valence-electron chi connectivity index (χ4n) is 2.57. The lowest BCUT2D eigenvalue weighted by atomic mass is 10.1. The SMILES string of the molecule is Cc1cc(C)c[n+](C2=Nc3ccccc3NC2=C(C#N)C#N)c1. The number of allylic oxidation sites excluding steroid dienone is 2. The standard InChI is InChI=1S/C18H14N5/c1-12-7-13(2)11-23(10-12)18-17(14(8-19)9-20)21-15-5-3-4-6-16(15)22-18/h3-7,10-11,21H,1-2H3/q+1. The third-order valence-corrected chi connectivity index (χ3v) is 3.47. The van der Waals surface area contributed by atoms with Crippen LogP contribution in [0.3, 0.4) is 0 Å². The zero-order valence-corrected chi connectivity index (χ0v) is 12.8. The van der Waals surface area contributed by atoms with Gasteiger partial charge in [-0.3, -0.25) is 0 Å². The van der Waals surface area contributed by atoms with Crippen molar-refractivity contribution in [3.63, 3.8) is 0 Å². The number of benzene rings is 1. The van der Waals surface area contributed by atoms with Crippen LogP contribution in [0.1, 0.15) is 11.1 Å². The number of aryl methyl sites for hydroxylation is 2. The van der Waals surface area contributed by atoms with Gasteiger partial charge < -0.3 is 5.32 Å². The molecule has 5 heteroatoms. The van der Waals surface area contributed by atoms with Crippen LogP contribution in [0, 0.1) is 36.5 Å². The van der Waals surface area contributed by atoms with Gasteiger partial charge in [-0.05, 0) is 48.2 Å². The van der Waals surface area contributed by atoms with E-state index in [1.807, 2.05) is 67.2 Å². The Morgan fingerprint density at radius 3 is 2.39 bits per heavy atom. The zero-order chi connectivity index (χ0) is 16.4. The molecule has 2 heterocycles. The topological polar surface area (TPSA) is 75.8 Å². The van der Waals surface area contributed by atoms with Gasteiger partial charge in [0, 0.05) is 0 Å². The Bertz CT molecular complexity index is 902. The molecule has 2 aromatic rings. The maximum atomic E-state index is 9.27. The molecule has 0 aliphatic carbocycles. The number of pyridine rings is 1. The van der Waals surface area contributed by atoms with Gasteiger partial charge in [-0.15, -0.1) is 0 Å². The van der Waals surface area contributed by atoms with Crippen molar-refractivity contribution in [1.82, 2.24) is 0 Å². The summed E-state index contributed by atoms with van der Waals surface area (Å²) in [6.45, 7) is 3.99.